The highest BCUT2D eigenvalue weighted by Crippen LogP contribution is 2.43. The van der Waals surface area contributed by atoms with E-state index in [9.17, 15) is 4.79 Å². The van der Waals surface area contributed by atoms with Crippen molar-refractivity contribution in [1.29, 1.82) is 0 Å². The van der Waals surface area contributed by atoms with Gasteiger partial charge in [0.2, 0.25) is 0 Å². The minimum atomic E-state index is 0.213. The third kappa shape index (κ3) is 16.2. The number of rotatable bonds is 16. The highest BCUT2D eigenvalue weighted by Gasteiger charge is 2.30. The van der Waals surface area contributed by atoms with Crippen molar-refractivity contribution in [2.45, 2.75) is 168 Å². The van der Waals surface area contributed by atoms with Crippen molar-refractivity contribution in [2.75, 3.05) is 0 Å². The molecular formula is C47H70O. The standard InChI is InChI=1S/C23H38O.C16H18.C8H14/c1-3-4-5-6-7-8-9-10-11-12-13-14-15-22-16-18-23(19-17-22)20-21(2)24;1-16(2,3)15-11-7-10-14(12-15)13-8-5-4-6-9-13;1-3-7-5-2-6-8(7)4-1/h16-19H,3-15,20H2,1-2H3;4-12H,1-3H3;7-8H,1-6H2. The zero-order chi connectivity index (χ0) is 34.5. The van der Waals surface area contributed by atoms with Crippen LogP contribution in [0.1, 0.15) is 167 Å². The molecule has 0 radical (unpaired) electrons. The fraction of sp³-hybridized carbons (Fsp3) is 0.596. The summed E-state index contributed by atoms with van der Waals surface area (Å²) in [5, 5.41) is 0. The highest BCUT2D eigenvalue weighted by molar-refractivity contribution is 5.78. The van der Waals surface area contributed by atoms with Crippen molar-refractivity contribution in [1.82, 2.24) is 0 Å². The summed E-state index contributed by atoms with van der Waals surface area (Å²) in [6.45, 7) is 10.7. The van der Waals surface area contributed by atoms with Gasteiger partial charge in [-0.05, 0) is 64.8 Å². The first-order valence-electron chi connectivity index (χ1n) is 20.0. The molecule has 2 saturated carbocycles. The lowest BCUT2D eigenvalue weighted by molar-refractivity contribution is -0.116. The van der Waals surface area contributed by atoms with E-state index in [4.69, 9.17) is 0 Å². The molecule has 2 fully saturated rings. The maximum absolute atomic E-state index is 11.1. The summed E-state index contributed by atoms with van der Waals surface area (Å²) >= 11 is 0. The summed E-state index contributed by atoms with van der Waals surface area (Å²) in [5.41, 5.74) is 6.73. The molecule has 5 rings (SSSR count). The molecule has 0 N–H and O–H groups in total. The van der Waals surface area contributed by atoms with Gasteiger partial charge < -0.3 is 0 Å². The second-order valence-electron chi connectivity index (χ2n) is 15.9. The van der Waals surface area contributed by atoms with Crippen LogP contribution in [0.4, 0.5) is 0 Å². The van der Waals surface area contributed by atoms with Crippen LogP contribution < -0.4 is 0 Å². The lowest BCUT2D eigenvalue weighted by Gasteiger charge is -2.19. The van der Waals surface area contributed by atoms with Crippen molar-refractivity contribution >= 4 is 5.78 Å². The summed E-state index contributed by atoms with van der Waals surface area (Å²) in [5.74, 6) is 2.59. The van der Waals surface area contributed by atoms with Gasteiger partial charge in [0, 0.05) is 6.42 Å². The number of hydrogen-bond acceptors (Lipinski definition) is 1. The van der Waals surface area contributed by atoms with E-state index in [1.807, 2.05) is 0 Å². The third-order valence-corrected chi connectivity index (χ3v) is 10.6. The first-order valence-corrected chi connectivity index (χ1v) is 20.0. The van der Waals surface area contributed by atoms with Gasteiger partial charge in [-0.2, -0.15) is 0 Å². The van der Waals surface area contributed by atoms with Crippen LogP contribution in [0.15, 0.2) is 78.9 Å². The van der Waals surface area contributed by atoms with Crippen LogP contribution in [0.25, 0.3) is 11.1 Å². The zero-order valence-electron chi connectivity index (χ0n) is 31.7. The molecule has 0 heterocycles. The quantitative estimate of drug-likeness (QED) is 0.141. The van der Waals surface area contributed by atoms with Crippen LogP contribution in [0.3, 0.4) is 0 Å². The molecule has 0 bridgehead atoms. The highest BCUT2D eigenvalue weighted by atomic mass is 16.1. The second-order valence-corrected chi connectivity index (χ2v) is 15.9. The van der Waals surface area contributed by atoms with Crippen LogP contribution in [0.5, 0.6) is 0 Å². The van der Waals surface area contributed by atoms with Crippen LogP contribution in [-0.2, 0) is 23.1 Å². The molecule has 48 heavy (non-hydrogen) atoms. The van der Waals surface area contributed by atoms with Gasteiger partial charge in [0.25, 0.3) is 0 Å². The molecule has 0 aliphatic heterocycles. The molecule has 3 aromatic carbocycles. The van der Waals surface area contributed by atoms with E-state index < -0.39 is 0 Å². The number of benzene rings is 3. The van der Waals surface area contributed by atoms with E-state index >= 15 is 0 Å². The number of fused-ring (bicyclic) bond motifs is 1. The summed E-state index contributed by atoms with van der Waals surface area (Å²) < 4.78 is 0. The van der Waals surface area contributed by atoms with Crippen LogP contribution in [-0.4, -0.2) is 5.78 Å². The summed E-state index contributed by atoms with van der Waals surface area (Å²) in [7, 11) is 0. The monoisotopic (exact) mass is 651 g/mol. The van der Waals surface area contributed by atoms with Crippen molar-refractivity contribution in [2.24, 2.45) is 11.8 Å². The normalized spacial score (nSPS) is 16.8. The molecule has 3 aromatic rings. The molecule has 1 heteroatoms. The van der Waals surface area contributed by atoms with E-state index in [1.54, 1.807) is 32.6 Å². The molecule has 1 nitrogen and oxygen atoms in total. The number of ketones is 1. The Kier molecular flexibility index (Phi) is 18.9. The van der Waals surface area contributed by atoms with Gasteiger partial charge in [0.05, 0.1) is 0 Å². The lowest BCUT2D eigenvalue weighted by atomic mass is 9.85. The number of carbonyl (C=O) groups is 1. The molecular weight excluding hydrogens is 581 g/mol. The fourth-order valence-electron chi connectivity index (χ4n) is 7.59. The third-order valence-electron chi connectivity index (χ3n) is 10.6. The summed E-state index contributed by atoms with van der Waals surface area (Å²) in [6, 6.07) is 27.9. The average molecular weight is 651 g/mol. The van der Waals surface area contributed by atoms with Gasteiger partial charge in [0.1, 0.15) is 5.78 Å². The lowest BCUT2D eigenvalue weighted by Crippen LogP contribution is -2.10. The van der Waals surface area contributed by atoms with Crippen molar-refractivity contribution in [3.8, 4) is 11.1 Å². The SMILES string of the molecule is C1CC2CCCC2C1.CC(C)(C)c1cccc(-c2ccccc2)c1.CCCCCCCCCCCCCCc1ccc(CC(C)=O)cc1. The van der Waals surface area contributed by atoms with E-state index in [2.05, 4.69) is 107 Å². The van der Waals surface area contributed by atoms with E-state index in [0.29, 0.717) is 6.42 Å². The minimum Gasteiger partial charge on any atom is -0.300 e. The van der Waals surface area contributed by atoms with E-state index in [1.165, 1.54) is 130 Å². The van der Waals surface area contributed by atoms with Gasteiger partial charge in [-0.25, -0.2) is 0 Å². The Labute approximate surface area is 296 Å². The summed E-state index contributed by atoms with van der Waals surface area (Å²) in [6.07, 6.45) is 27.9. The first-order chi connectivity index (χ1) is 23.3. The average Bonchev–Trinajstić information content (AvgIpc) is 3.73. The van der Waals surface area contributed by atoms with Crippen molar-refractivity contribution in [3.63, 3.8) is 0 Å². The Balaban J connectivity index is 0.000000220. The molecule has 0 amide bonds. The molecule has 0 saturated heterocycles. The van der Waals surface area contributed by atoms with Crippen molar-refractivity contribution in [3.05, 3.63) is 95.6 Å². The van der Waals surface area contributed by atoms with Gasteiger partial charge in [0.15, 0.2) is 0 Å². The maximum atomic E-state index is 11.1. The maximum Gasteiger partial charge on any atom is 0.134 e. The fourth-order valence-corrected chi connectivity index (χ4v) is 7.59. The Morgan fingerprint density at radius 2 is 1.06 bits per heavy atom. The predicted octanol–water partition coefficient (Wildman–Crippen LogP) is 14.3. The Bertz CT molecular complexity index is 1230. The summed E-state index contributed by atoms with van der Waals surface area (Å²) in [4.78, 5) is 11.1. The number of aryl methyl sites for hydroxylation is 1. The Morgan fingerprint density at radius 1 is 0.583 bits per heavy atom. The second kappa shape index (κ2) is 22.9. The number of hydrogen-bond donors (Lipinski definition) is 0. The van der Waals surface area contributed by atoms with Gasteiger partial charge >= 0.3 is 0 Å². The van der Waals surface area contributed by atoms with Crippen molar-refractivity contribution < 1.29 is 4.79 Å². The minimum absolute atomic E-state index is 0.213. The topological polar surface area (TPSA) is 17.1 Å². The number of unbranched alkanes of at least 4 members (excludes halogenated alkanes) is 11. The van der Waals surface area contributed by atoms with Crippen LogP contribution >= 0.6 is 0 Å². The number of carbonyl (C=O) groups excluding carboxylic acids is 1. The van der Waals surface area contributed by atoms with Crippen LogP contribution in [0.2, 0.25) is 0 Å². The van der Waals surface area contributed by atoms with E-state index in [0.717, 1.165) is 5.56 Å². The molecule has 264 valence electrons. The molecule has 0 aromatic heterocycles. The first kappa shape index (κ1) is 39.8. The van der Waals surface area contributed by atoms with Crippen LogP contribution in [0, 0.1) is 11.8 Å². The smallest absolute Gasteiger partial charge is 0.134 e. The zero-order valence-corrected chi connectivity index (χ0v) is 31.7. The molecule has 2 aliphatic carbocycles. The Morgan fingerprint density at radius 3 is 1.56 bits per heavy atom. The molecule has 0 spiro atoms. The molecule has 0 unspecified atom stereocenters. The Hall–Kier alpha value is -2.67. The number of Topliss-reactive ketones (excluding diaryl/α,β-unsaturated/α-hetero) is 1. The predicted molar refractivity (Wildman–Crippen MR) is 211 cm³/mol. The van der Waals surface area contributed by atoms with Gasteiger partial charge in [-0.3, -0.25) is 4.79 Å². The van der Waals surface area contributed by atoms with Gasteiger partial charge in [-0.1, -0.05) is 216 Å². The molecule has 0 atom stereocenters. The van der Waals surface area contributed by atoms with Gasteiger partial charge in [-0.15, -0.1) is 0 Å². The largest absolute Gasteiger partial charge is 0.300 e. The van der Waals surface area contributed by atoms with E-state index in [-0.39, 0.29) is 11.2 Å². The molecule has 2 aliphatic rings.